The molecule has 2 aliphatic rings. The zero-order valence-electron chi connectivity index (χ0n) is 10.3. The van der Waals surface area contributed by atoms with Gasteiger partial charge < -0.3 is 10.1 Å². The maximum atomic E-state index is 12.4. The van der Waals surface area contributed by atoms with E-state index >= 15 is 0 Å². The molecule has 0 bridgehead atoms. The summed E-state index contributed by atoms with van der Waals surface area (Å²) in [6.45, 7) is 1.49. The van der Waals surface area contributed by atoms with Gasteiger partial charge in [0.15, 0.2) is 0 Å². The Kier molecular flexibility index (Phi) is 3.12. The number of rotatable bonds is 3. The number of piperidine rings is 1. The van der Waals surface area contributed by atoms with Crippen molar-refractivity contribution in [2.75, 3.05) is 13.2 Å². The van der Waals surface area contributed by atoms with E-state index in [4.69, 9.17) is 4.74 Å². The third-order valence-corrected chi connectivity index (χ3v) is 3.82. The molecular formula is C13H15F3N2O. The molecule has 3 nitrogen and oxygen atoms in total. The number of hydrogen-bond acceptors (Lipinski definition) is 3. The van der Waals surface area contributed by atoms with Crippen molar-refractivity contribution in [3.8, 4) is 5.88 Å². The fourth-order valence-corrected chi connectivity index (χ4v) is 2.56. The summed E-state index contributed by atoms with van der Waals surface area (Å²) in [4.78, 5) is 3.69. The lowest BCUT2D eigenvalue weighted by atomic mass is 10.1. The van der Waals surface area contributed by atoms with Gasteiger partial charge in [-0.1, -0.05) is 0 Å². The second-order valence-corrected chi connectivity index (χ2v) is 5.29. The van der Waals surface area contributed by atoms with Crippen LogP contribution in [0.25, 0.3) is 0 Å². The summed E-state index contributed by atoms with van der Waals surface area (Å²) in [7, 11) is 0. The van der Waals surface area contributed by atoms with E-state index in [0.29, 0.717) is 6.61 Å². The Morgan fingerprint density at radius 1 is 1.26 bits per heavy atom. The van der Waals surface area contributed by atoms with E-state index in [9.17, 15) is 13.2 Å². The molecular weight excluding hydrogens is 257 g/mol. The monoisotopic (exact) mass is 272 g/mol. The minimum absolute atomic E-state index is 0.243. The van der Waals surface area contributed by atoms with Gasteiger partial charge in [-0.05, 0) is 37.3 Å². The summed E-state index contributed by atoms with van der Waals surface area (Å²) < 4.78 is 42.5. The number of ether oxygens (including phenoxy) is 1. The van der Waals surface area contributed by atoms with Gasteiger partial charge in [-0.3, -0.25) is 0 Å². The van der Waals surface area contributed by atoms with Gasteiger partial charge in [-0.2, -0.15) is 13.2 Å². The smallest absolute Gasteiger partial charge is 0.417 e. The zero-order chi connectivity index (χ0) is 13.5. The van der Waals surface area contributed by atoms with E-state index in [-0.39, 0.29) is 11.9 Å². The number of nitrogens with one attached hydrogen (secondary N) is 1. The lowest BCUT2D eigenvalue weighted by molar-refractivity contribution is -0.137. The highest BCUT2D eigenvalue weighted by atomic mass is 19.4. The van der Waals surface area contributed by atoms with E-state index in [1.54, 1.807) is 0 Å². The first-order valence-electron chi connectivity index (χ1n) is 6.42. The Bertz CT molecular complexity index is 446. The van der Waals surface area contributed by atoms with Gasteiger partial charge in [0, 0.05) is 18.3 Å². The highest BCUT2D eigenvalue weighted by molar-refractivity contribution is 5.20. The van der Waals surface area contributed by atoms with Crippen LogP contribution in [0, 0.1) is 11.8 Å². The largest absolute Gasteiger partial charge is 0.476 e. The van der Waals surface area contributed by atoms with E-state index in [1.165, 1.54) is 12.5 Å². The first kappa shape index (κ1) is 12.7. The molecule has 1 aromatic rings. The molecule has 104 valence electrons. The van der Waals surface area contributed by atoms with Crippen LogP contribution in [0.4, 0.5) is 13.2 Å². The van der Waals surface area contributed by atoms with Gasteiger partial charge in [0.2, 0.25) is 5.88 Å². The normalized spacial score (nSPS) is 29.7. The average Bonchev–Trinajstić information content (AvgIpc) is 3.14. The molecule has 1 aliphatic carbocycles. The van der Waals surface area contributed by atoms with Gasteiger partial charge in [0.25, 0.3) is 0 Å². The van der Waals surface area contributed by atoms with Crippen LogP contribution in [0.2, 0.25) is 0 Å². The molecule has 0 spiro atoms. The van der Waals surface area contributed by atoms with Crippen LogP contribution in [0.1, 0.15) is 18.4 Å². The Labute approximate surface area is 109 Å². The van der Waals surface area contributed by atoms with Crippen molar-refractivity contribution in [3.05, 3.63) is 23.9 Å². The molecule has 2 heterocycles. The summed E-state index contributed by atoms with van der Waals surface area (Å²) in [6.07, 6.45) is -1.16. The van der Waals surface area contributed by atoms with Crippen molar-refractivity contribution < 1.29 is 17.9 Å². The third-order valence-electron chi connectivity index (χ3n) is 3.82. The van der Waals surface area contributed by atoms with Crippen LogP contribution in [0.3, 0.4) is 0 Å². The van der Waals surface area contributed by atoms with Crippen LogP contribution < -0.4 is 10.1 Å². The number of hydrogen-bond donors (Lipinski definition) is 1. The van der Waals surface area contributed by atoms with E-state index in [2.05, 4.69) is 10.3 Å². The first-order valence-corrected chi connectivity index (χ1v) is 6.42. The minimum atomic E-state index is -4.35. The molecule has 1 aliphatic heterocycles. The first-order chi connectivity index (χ1) is 9.02. The molecule has 1 saturated carbocycles. The fraction of sp³-hybridized carbons (Fsp3) is 0.615. The summed E-state index contributed by atoms with van der Waals surface area (Å²) >= 11 is 0. The Hall–Kier alpha value is -1.30. The molecule has 1 N–H and O–H groups in total. The number of alkyl halides is 3. The summed E-state index contributed by atoms with van der Waals surface area (Å²) in [6, 6.07) is 2.55. The molecule has 1 aromatic heterocycles. The second-order valence-electron chi connectivity index (χ2n) is 5.29. The topological polar surface area (TPSA) is 34.1 Å². The fourth-order valence-electron chi connectivity index (χ4n) is 2.56. The third kappa shape index (κ3) is 3.00. The van der Waals surface area contributed by atoms with Gasteiger partial charge in [0.05, 0.1) is 5.56 Å². The van der Waals surface area contributed by atoms with Crippen LogP contribution in [-0.2, 0) is 6.18 Å². The molecule has 19 heavy (non-hydrogen) atoms. The van der Waals surface area contributed by atoms with Crippen molar-refractivity contribution in [2.45, 2.75) is 25.1 Å². The standard InChI is InChI=1S/C13H15F3N2O/c14-13(15,16)10-1-2-12(18-6-10)19-7-11-4-8-3-9(8)5-17-11/h1-2,6,8-9,11,17H,3-5,7H2/t8-,9+,11+/m1/s1. The zero-order valence-corrected chi connectivity index (χ0v) is 10.3. The van der Waals surface area contributed by atoms with E-state index < -0.39 is 11.7 Å². The molecule has 3 rings (SSSR count). The number of halogens is 3. The van der Waals surface area contributed by atoms with Gasteiger partial charge in [0.1, 0.15) is 6.61 Å². The predicted octanol–water partition coefficient (Wildman–Crippen LogP) is 2.48. The highest BCUT2D eigenvalue weighted by Crippen LogP contribution is 2.44. The van der Waals surface area contributed by atoms with Crippen molar-refractivity contribution in [3.63, 3.8) is 0 Å². The Balaban J connectivity index is 1.52. The summed E-state index contributed by atoms with van der Waals surface area (Å²) in [5.41, 5.74) is -0.753. The molecule has 0 amide bonds. The molecule has 0 aromatic carbocycles. The lowest BCUT2D eigenvalue weighted by Crippen LogP contribution is -2.39. The number of nitrogens with zero attached hydrogens (tertiary/aromatic N) is 1. The summed E-state index contributed by atoms with van der Waals surface area (Å²) in [5, 5.41) is 3.38. The molecule has 3 atom stereocenters. The van der Waals surface area contributed by atoms with Crippen molar-refractivity contribution in [1.82, 2.24) is 10.3 Å². The maximum Gasteiger partial charge on any atom is 0.417 e. The van der Waals surface area contributed by atoms with E-state index in [0.717, 1.165) is 37.1 Å². The predicted molar refractivity (Wildman–Crippen MR) is 62.7 cm³/mol. The Morgan fingerprint density at radius 3 is 2.74 bits per heavy atom. The minimum Gasteiger partial charge on any atom is -0.476 e. The SMILES string of the molecule is FC(F)(F)c1ccc(OC[C@@H]2C[C@H]3C[C@H]3CN2)nc1. The number of fused-ring (bicyclic) bond motifs is 1. The van der Waals surface area contributed by atoms with Crippen LogP contribution >= 0.6 is 0 Å². The van der Waals surface area contributed by atoms with Crippen molar-refractivity contribution in [2.24, 2.45) is 11.8 Å². The van der Waals surface area contributed by atoms with Crippen molar-refractivity contribution in [1.29, 1.82) is 0 Å². The molecule has 0 radical (unpaired) electrons. The lowest BCUT2D eigenvalue weighted by Gasteiger charge is -2.22. The van der Waals surface area contributed by atoms with Crippen molar-refractivity contribution >= 4 is 0 Å². The molecule has 0 unspecified atom stereocenters. The second kappa shape index (κ2) is 4.67. The number of aromatic nitrogens is 1. The Morgan fingerprint density at radius 2 is 2.11 bits per heavy atom. The van der Waals surface area contributed by atoms with Crippen LogP contribution in [0.15, 0.2) is 18.3 Å². The van der Waals surface area contributed by atoms with Gasteiger partial charge >= 0.3 is 6.18 Å². The van der Waals surface area contributed by atoms with Crippen LogP contribution in [-0.4, -0.2) is 24.2 Å². The maximum absolute atomic E-state index is 12.4. The molecule has 2 fully saturated rings. The quantitative estimate of drug-likeness (QED) is 0.918. The van der Waals surface area contributed by atoms with Crippen LogP contribution in [0.5, 0.6) is 5.88 Å². The van der Waals surface area contributed by atoms with Gasteiger partial charge in [-0.25, -0.2) is 4.98 Å². The van der Waals surface area contributed by atoms with E-state index in [1.807, 2.05) is 0 Å². The summed E-state index contributed by atoms with van der Waals surface area (Å²) in [5.74, 6) is 1.89. The highest BCUT2D eigenvalue weighted by Gasteiger charge is 2.42. The molecule has 6 heteroatoms. The number of pyridine rings is 1. The average molecular weight is 272 g/mol. The van der Waals surface area contributed by atoms with Gasteiger partial charge in [-0.15, -0.1) is 0 Å². The molecule has 1 saturated heterocycles.